The molecule has 0 radical (unpaired) electrons. The third-order valence-corrected chi connectivity index (χ3v) is 2.15. The van der Waals surface area contributed by atoms with Gasteiger partial charge in [0.15, 0.2) is 11.5 Å². The molecule has 0 fully saturated rings. The van der Waals surface area contributed by atoms with E-state index in [9.17, 15) is 9.90 Å². The second kappa shape index (κ2) is 3.20. The zero-order valence-electron chi connectivity index (χ0n) is 7.94. The number of hydrogen-bond donors (Lipinski definition) is 3. The van der Waals surface area contributed by atoms with Crippen LogP contribution in [-0.4, -0.2) is 28.3 Å². The van der Waals surface area contributed by atoms with Crippen LogP contribution in [-0.2, 0) is 0 Å². The van der Waals surface area contributed by atoms with Crippen molar-refractivity contribution >= 4 is 16.9 Å². The third kappa shape index (κ3) is 1.48. The van der Waals surface area contributed by atoms with Crippen molar-refractivity contribution in [2.75, 3.05) is 7.11 Å². The first-order chi connectivity index (χ1) is 7.11. The zero-order chi connectivity index (χ0) is 11.0. The maximum atomic E-state index is 10.7. The van der Waals surface area contributed by atoms with Crippen LogP contribution in [0.1, 0.15) is 10.5 Å². The van der Waals surface area contributed by atoms with Gasteiger partial charge in [0, 0.05) is 11.5 Å². The minimum Gasteiger partial charge on any atom is -0.504 e. The molecule has 0 spiro atoms. The number of aromatic nitrogens is 1. The van der Waals surface area contributed by atoms with Crippen LogP contribution in [0, 0.1) is 0 Å². The fraction of sp³-hybridized carbons (Fsp3) is 0.100. The highest BCUT2D eigenvalue weighted by molar-refractivity contribution is 5.94. The third-order valence-electron chi connectivity index (χ3n) is 2.15. The molecule has 0 amide bonds. The van der Waals surface area contributed by atoms with E-state index in [1.807, 2.05) is 0 Å². The number of hydrogen-bond acceptors (Lipinski definition) is 3. The Hall–Kier alpha value is -2.17. The first-order valence-electron chi connectivity index (χ1n) is 4.25. The number of carboxylic acids is 1. The number of fused-ring (bicyclic) bond motifs is 1. The van der Waals surface area contributed by atoms with Crippen LogP contribution in [0.2, 0.25) is 0 Å². The summed E-state index contributed by atoms with van der Waals surface area (Å²) >= 11 is 0. The van der Waals surface area contributed by atoms with Crippen molar-refractivity contribution < 1.29 is 19.7 Å². The molecule has 78 valence electrons. The van der Waals surface area contributed by atoms with E-state index >= 15 is 0 Å². The van der Waals surface area contributed by atoms with Crippen molar-refractivity contribution in [1.29, 1.82) is 0 Å². The molecule has 0 aliphatic heterocycles. The average Bonchev–Trinajstić information content (AvgIpc) is 2.59. The van der Waals surface area contributed by atoms with Crippen molar-refractivity contribution in [2.45, 2.75) is 0 Å². The lowest BCUT2D eigenvalue weighted by molar-refractivity contribution is 0.0691. The van der Waals surface area contributed by atoms with Gasteiger partial charge in [0.1, 0.15) is 5.69 Å². The lowest BCUT2D eigenvalue weighted by Gasteiger charge is -2.01. The van der Waals surface area contributed by atoms with Crippen molar-refractivity contribution in [3.8, 4) is 11.5 Å². The lowest BCUT2D eigenvalue weighted by Crippen LogP contribution is -1.94. The molecule has 1 aromatic heterocycles. The van der Waals surface area contributed by atoms with E-state index in [-0.39, 0.29) is 11.4 Å². The number of rotatable bonds is 2. The number of aromatic carboxylic acids is 1. The highest BCUT2D eigenvalue weighted by atomic mass is 16.5. The fourth-order valence-electron chi connectivity index (χ4n) is 1.43. The van der Waals surface area contributed by atoms with Gasteiger partial charge in [0.25, 0.3) is 0 Å². The van der Waals surface area contributed by atoms with Crippen LogP contribution in [0.15, 0.2) is 18.2 Å². The summed E-state index contributed by atoms with van der Waals surface area (Å²) in [6.07, 6.45) is 0. The largest absolute Gasteiger partial charge is 0.504 e. The number of carbonyl (C=O) groups is 1. The van der Waals surface area contributed by atoms with E-state index in [1.165, 1.54) is 19.2 Å². The number of H-pyrrole nitrogens is 1. The van der Waals surface area contributed by atoms with E-state index in [2.05, 4.69) is 4.98 Å². The second-order valence-electron chi connectivity index (χ2n) is 3.10. The van der Waals surface area contributed by atoms with E-state index in [1.54, 1.807) is 6.07 Å². The molecule has 0 atom stereocenters. The number of ether oxygens (including phenoxy) is 1. The van der Waals surface area contributed by atoms with Crippen LogP contribution < -0.4 is 4.74 Å². The van der Waals surface area contributed by atoms with Crippen molar-refractivity contribution in [1.82, 2.24) is 4.98 Å². The summed E-state index contributed by atoms with van der Waals surface area (Å²) in [7, 11) is 1.43. The number of benzene rings is 1. The molecule has 0 aliphatic rings. The Morgan fingerprint density at radius 2 is 2.13 bits per heavy atom. The van der Waals surface area contributed by atoms with Gasteiger partial charge in [-0.1, -0.05) is 0 Å². The number of aromatic hydroxyl groups is 1. The summed E-state index contributed by atoms with van der Waals surface area (Å²) in [5, 5.41) is 18.9. The van der Waals surface area contributed by atoms with Gasteiger partial charge in [-0.2, -0.15) is 0 Å². The van der Waals surface area contributed by atoms with Crippen LogP contribution in [0.25, 0.3) is 10.9 Å². The van der Waals surface area contributed by atoms with Gasteiger partial charge in [-0.05, 0) is 12.1 Å². The van der Waals surface area contributed by atoms with E-state index in [0.717, 1.165) is 0 Å². The number of phenolic OH excluding ortho intramolecular Hbond substituents is 1. The van der Waals surface area contributed by atoms with Gasteiger partial charge in [0.05, 0.1) is 12.6 Å². The predicted molar refractivity (Wildman–Crippen MR) is 53.5 cm³/mol. The molecule has 0 saturated heterocycles. The topological polar surface area (TPSA) is 82.6 Å². The van der Waals surface area contributed by atoms with Crippen molar-refractivity contribution in [3.63, 3.8) is 0 Å². The molecule has 5 nitrogen and oxygen atoms in total. The zero-order valence-corrected chi connectivity index (χ0v) is 7.94. The molecule has 1 heterocycles. The summed E-state index contributed by atoms with van der Waals surface area (Å²) in [4.78, 5) is 13.4. The normalized spacial score (nSPS) is 10.5. The number of methoxy groups -OCH3 is 1. The lowest BCUT2D eigenvalue weighted by atomic mass is 10.2. The molecular formula is C10H9NO4. The van der Waals surface area contributed by atoms with Crippen LogP contribution >= 0.6 is 0 Å². The van der Waals surface area contributed by atoms with Gasteiger partial charge in [0.2, 0.25) is 0 Å². The van der Waals surface area contributed by atoms with E-state index in [4.69, 9.17) is 9.84 Å². The molecule has 0 bridgehead atoms. The number of aromatic amines is 1. The Bertz CT molecular complexity index is 529. The van der Waals surface area contributed by atoms with Gasteiger partial charge >= 0.3 is 5.97 Å². The number of nitrogens with one attached hydrogen (secondary N) is 1. The van der Waals surface area contributed by atoms with Crippen LogP contribution in [0.5, 0.6) is 11.5 Å². The van der Waals surface area contributed by atoms with Gasteiger partial charge in [-0.3, -0.25) is 0 Å². The Morgan fingerprint density at radius 3 is 2.73 bits per heavy atom. The Labute approximate surface area is 84.9 Å². The van der Waals surface area contributed by atoms with E-state index < -0.39 is 5.97 Å². The molecular weight excluding hydrogens is 198 g/mol. The minimum atomic E-state index is -1.04. The minimum absolute atomic E-state index is 0.0130. The van der Waals surface area contributed by atoms with Crippen LogP contribution in [0.4, 0.5) is 0 Å². The Kier molecular flexibility index (Phi) is 2.00. The second-order valence-corrected chi connectivity index (χ2v) is 3.10. The summed E-state index contributed by atoms with van der Waals surface area (Å²) in [6.45, 7) is 0. The summed E-state index contributed by atoms with van der Waals surface area (Å²) < 4.78 is 4.91. The fourth-order valence-corrected chi connectivity index (χ4v) is 1.43. The van der Waals surface area contributed by atoms with Gasteiger partial charge < -0.3 is 19.9 Å². The monoisotopic (exact) mass is 207 g/mol. The van der Waals surface area contributed by atoms with Crippen LogP contribution in [0.3, 0.4) is 0 Å². The maximum absolute atomic E-state index is 10.7. The maximum Gasteiger partial charge on any atom is 0.352 e. The molecule has 2 aromatic rings. The molecule has 0 aliphatic carbocycles. The number of carboxylic acid groups (broad SMARTS) is 1. The number of phenols is 1. The molecule has 15 heavy (non-hydrogen) atoms. The Morgan fingerprint density at radius 1 is 1.40 bits per heavy atom. The van der Waals surface area contributed by atoms with E-state index in [0.29, 0.717) is 16.7 Å². The average molecular weight is 207 g/mol. The molecule has 1 aromatic carbocycles. The quantitative estimate of drug-likeness (QED) is 0.698. The van der Waals surface area contributed by atoms with Gasteiger partial charge in [-0.15, -0.1) is 0 Å². The summed E-state index contributed by atoms with van der Waals surface area (Å²) in [6, 6.07) is 4.46. The SMILES string of the molecule is COc1cc2[nH]c(C(=O)O)cc2cc1O. The molecule has 0 saturated carbocycles. The standard InChI is InChI=1S/C10H9NO4/c1-15-9-4-6-5(3-8(9)12)2-7(11-6)10(13)14/h2-4,11-12H,1H3,(H,13,14). The highest BCUT2D eigenvalue weighted by Gasteiger charge is 2.10. The molecule has 0 unspecified atom stereocenters. The van der Waals surface area contributed by atoms with Gasteiger partial charge in [-0.25, -0.2) is 4.79 Å². The molecule has 3 N–H and O–H groups in total. The molecule has 2 rings (SSSR count). The first-order valence-corrected chi connectivity index (χ1v) is 4.25. The van der Waals surface area contributed by atoms with Crippen molar-refractivity contribution in [2.24, 2.45) is 0 Å². The first kappa shape index (κ1) is 9.39. The molecule has 5 heteroatoms. The highest BCUT2D eigenvalue weighted by Crippen LogP contribution is 2.31. The predicted octanol–water partition coefficient (Wildman–Crippen LogP) is 1.58. The Balaban J connectivity index is 2.66. The van der Waals surface area contributed by atoms with Crippen molar-refractivity contribution in [3.05, 3.63) is 23.9 Å². The smallest absolute Gasteiger partial charge is 0.352 e. The summed E-state index contributed by atoms with van der Waals surface area (Å²) in [5.41, 5.74) is 0.694. The summed E-state index contributed by atoms with van der Waals surface area (Å²) in [5.74, 6) is -0.744.